The van der Waals surface area contributed by atoms with Crippen LogP contribution in [0.2, 0.25) is 0 Å². The molecule has 0 saturated carbocycles. The third-order valence-electron chi connectivity index (χ3n) is 4.47. The van der Waals surface area contributed by atoms with Crippen LogP contribution >= 0.6 is 7.60 Å². The van der Waals surface area contributed by atoms with Crippen molar-refractivity contribution in [1.82, 2.24) is 5.32 Å². The number of carbonyl (C=O) groups is 1. The van der Waals surface area contributed by atoms with Gasteiger partial charge in [0, 0.05) is 6.04 Å². The molecule has 0 aliphatic rings. The van der Waals surface area contributed by atoms with Crippen LogP contribution in [-0.2, 0) is 15.9 Å². The van der Waals surface area contributed by atoms with Gasteiger partial charge in [-0.1, -0.05) is 66.7 Å². The molecule has 0 aromatic heterocycles. The van der Waals surface area contributed by atoms with Crippen molar-refractivity contribution in [2.45, 2.75) is 19.1 Å². The number of nitrogens with one attached hydrogen (secondary N) is 1. The number of amides is 1. The molecule has 1 atom stereocenters. The van der Waals surface area contributed by atoms with Gasteiger partial charge in [0.05, 0.1) is 6.16 Å². The van der Waals surface area contributed by atoms with E-state index in [0.29, 0.717) is 17.9 Å². The van der Waals surface area contributed by atoms with Crippen molar-refractivity contribution in [3.8, 4) is 11.5 Å². The van der Waals surface area contributed by atoms with Gasteiger partial charge in [0.1, 0.15) is 18.1 Å². The van der Waals surface area contributed by atoms with E-state index in [1.807, 2.05) is 42.5 Å². The summed E-state index contributed by atoms with van der Waals surface area (Å²) in [7, 11) is -3.71. The molecule has 32 heavy (non-hydrogen) atoms. The molecule has 0 aliphatic heterocycles. The summed E-state index contributed by atoms with van der Waals surface area (Å²) < 4.78 is 30.6. The monoisotopic (exact) mass is 454 g/mol. The first kappa shape index (κ1) is 23.4. The molecule has 0 bridgehead atoms. The molecule has 168 valence electrons. The molecule has 0 saturated heterocycles. The lowest BCUT2D eigenvalue weighted by molar-refractivity contribution is 0.136. The fourth-order valence-corrected chi connectivity index (χ4v) is 4.87. The molecule has 0 aliphatic carbocycles. The van der Waals surface area contributed by atoms with Gasteiger partial charge in [0.25, 0.3) is 0 Å². The Hall–Kier alpha value is -3.28. The van der Waals surface area contributed by atoms with E-state index < -0.39 is 19.7 Å². The summed E-state index contributed by atoms with van der Waals surface area (Å²) in [5.74, 6) is 0.815. The molecular weight excluding hydrogens is 427 g/mol. The van der Waals surface area contributed by atoms with Crippen LogP contribution in [-0.4, -0.2) is 24.8 Å². The van der Waals surface area contributed by atoms with E-state index in [4.69, 9.17) is 19.5 Å². The normalized spacial score (nSPS) is 11.9. The quantitative estimate of drug-likeness (QED) is 0.397. The molecule has 0 spiro atoms. The number of nitrogens with two attached hydrogens (primary N) is 1. The van der Waals surface area contributed by atoms with Crippen LogP contribution in [0.1, 0.15) is 12.0 Å². The van der Waals surface area contributed by atoms with Crippen LogP contribution in [0, 0.1) is 0 Å². The van der Waals surface area contributed by atoms with E-state index >= 15 is 0 Å². The highest BCUT2D eigenvalue weighted by Gasteiger charge is 2.33. The summed E-state index contributed by atoms with van der Waals surface area (Å²) in [4.78, 5) is 12.4. The average Bonchev–Trinajstić information content (AvgIpc) is 2.79. The Morgan fingerprint density at radius 2 is 1.34 bits per heavy atom. The summed E-state index contributed by atoms with van der Waals surface area (Å²) in [5.41, 5.74) is 6.60. The molecule has 0 heterocycles. The van der Waals surface area contributed by atoms with E-state index in [1.54, 1.807) is 48.5 Å². The number of carbonyl (C=O) groups excluding carboxylic acids is 1. The Morgan fingerprint density at radius 1 is 0.844 bits per heavy atom. The molecule has 3 aromatic carbocycles. The molecule has 0 fully saturated rings. The minimum Gasteiger partial charge on any atom is -0.445 e. The van der Waals surface area contributed by atoms with Crippen LogP contribution in [0.25, 0.3) is 0 Å². The van der Waals surface area contributed by atoms with E-state index in [2.05, 4.69) is 5.32 Å². The number of hydrogen-bond donors (Lipinski definition) is 2. The third kappa shape index (κ3) is 7.76. The van der Waals surface area contributed by atoms with Crippen molar-refractivity contribution in [1.29, 1.82) is 0 Å². The van der Waals surface area contributed by atoms with Crippen molar-refractivity contribution in [2.24, 2.45) is 5.73 Å². The zero-order valence-electron chi connectivity index (χ0n) is 17.6. The van der Waals surface area contributed by atoms with Crippen LogP contribution in [0.4, 0.5) is 4.79 Å². The number of ether oxygens (including phenoxy) is 1. The topological polar surface area (TPSA) is 99.9 Å². The maximum Gasteiger partial charge on any atom is 0.432 e. The highest BCUT2D eigenvalue weighted by Crippen LogP contribution is 2.49. The Kier molecular flexibility index (Phi) is 8.72. The highest BCUT2D eigenvalue weighted by molar-refractivity contribution is 7.54. The van der Waals surface area contributed by atoms with Gasteiger partial charge in [-0.05, 0) is 42.8 Å². The number of hydrogen-bond acceptors (Lipinski definition) is 6. The van der Waals surface area contributed by atoms with Crippen molar-refractivity contribution < 1.29 is 23.1 Å². The predicted octanol–water partition coefficient (Wildman–Crippen LogP) is 4.98. The summed E-state index contributed by atoms with van der Waals surface area (Å²) in [5, 5.41) is 2.74. The fourth-order valence-electron chi connectivity index (χ4n) is 2.99. The van der Waals surface area contributed by atoms with E-state index in [1.165, 1.54) is 0 Å². The van der Waals surface area contributed by atoms with Gasteiger partial charge in [-0.2, -0.15) is 0 Å². The summed E-state index contributed by atoms with van der Waals surface area (Å²) in [6.07, 6.45) is -0.326. The van der Waals surface area contributed by atoms with E-state index in [-0.39, 0.29) is 19.3 Å². The average molecular weight is 454 g/mol. The Morgan fingerprint density at radius 3 is 1.84 bits per heavy atom. The SMILES string of the molecule is NCCC(CP(=O)(Oc1ccccc1)Oc1ccccc1)NC(=O)OCc1ccccc1. The van der Waals surface area contributed by atoms with Gasteiger partial charge in [-0.15, -0.1) is 0 Å². The summed E-state index contributed by atoms with van der Waals surface area (Å²) in [6.45, 7) is 0.404. The second kappa shape index (κ2) is 11.9. The molecule has 1 amide bonds. The van der Waals surface area contributed by atoms with E-state index in [0.717, 1.165) is 5.56 Å². The predicted molar refractivity (Wildman–Crippen MR) is 124 cm³/mol. The Bertz CT molecular complexity index is 957. The summed E-state index contributed by atoms with van der Waals surface area (Å²) in [6, 6.07) is 26.3. The number of benzene rings is 3. The molecule has 3 rings (SSSR count). The summed E-state index contributed by atoms with van der Waals surface area (Å²) >= 11 is 0. The number of para-hydroxylation sites is 2. The van der Waals surface area contributed by atoms with Crippen LogP contribution in [0.3, 0.4) is 0 Å². The van der Waals surface area contributed by atoms with Gasteiger partial charge in [-0.3, -0.25) is 0 Å². The molecular formula is C24H27N2O5P. The number of alkyl carbamates (subject to hydrolysis) is 1. The molecule has 8 heteroatoms. The Balaban J connectivity index is 1.70. The van der Waals surface area contributed by atoms with Crippen LogP contribution < -0.4 is 20.1 Å². The van der Waals surface area contributed by atoms with Crippen molar-refractivity contribution in [3.63, 3.8) is 0 Å². The molecule has 1 unspecified atom stereocenters. The molecule has 0 radical (unpaired) electrons. The van der Waals surface area contributed by atoms with Crippen LogP contribution in [0.5, 0.6) is 11.5 Å². The minimum absolute atomic E-state index is 0.0750. The second-order valence-corrected chi connectivity index (χ2v) is 9.03. The zero-order valence-corrected chi connectivity index (χ0v) is 18.5. The fraction of sp³-hybridized carbons (Fsp3) is 0.208. The first-order chi connectivity index (χ1) is 15.6. The van der Waals surface area contributed by atoms with Gasteiger partial charge in [-0.25, -0.2) is 9.36 Å². The van der Waals surface area contributed by atoms with Crippen LogP contribution in [0.15, 0.2) is 91.0 Å². The van der Waals surface area contributed by atoms with Crippen molar-refractivity contribution in [2.75, 3.05) is 12.7 Å². The van der Waals surface area contributed by atoms with Crippen molar-refractivity contribution in [3.05, 3.63) is 96.6 Å². The first-order valence-electron chi connectivity index (χ1n) is 10.3. The van der Waals surface area contributed by atoms with Crippen molar-refractivity contribution >= 4 is 13.7 Å². The third-order valence-corrected chi connectivity index (χ3v) is 6.34. The second-order valence-electron chi connectivity index (χ2n) is 7.08. The lowest BCUT2D eigenvalue weighted by atomic mass is 10.2. The maximum atomic E-state index is 13.7. The molecule has 3 N–H and O–H groups in total. The van der Waals surface area contributed by atoms with E-state index in [9.17, 15) is 9.36 Å². The van der Waals surface area contributed by atoms with Gasteiger partial charge in [0.2, 0.25) is 0 Å². The zero-order chi connectivity index (χ0) is 22.7. The van der Waals surface area contributed by atoms with Gasteiger partial charge in [0.15, 0.2) is 0 Å². The highest BCUT2D eigenvalue weighted by atomic mass is 31.2. The molecule has 7 nitrogen and oxygen atoms in total. The standard InChI is InChI=1S/C24H27N2O5P/c25-17-16-21(26-24(27)29-18-20-10-4-1-5-11-20)19-32(28,30-22-12-6-2-7-13-22)31-23-14-8-3-9-15-23/h1-15,21H,16-19,25H2,(H,26,27). The van der Waals surface area contributed by atoms with Gasteiger partial charge < -0.3 is 24.8 Å². The Labute approximate surface area is 188 Å². The largest absolute Gasteiger partial charge is 0.445 e. The lowest BCUT2D eigenvalue weighted by Crippen LogP contribution is -2.40. The van der Waals surface area contributed by atoms with Gasteiger partial charge >= 0.3 is 13.7 Å². The number of rotatable bonds is 11. The smallest absolute Gasteiger partial charge is 0.432 e. The minimum atomic E-state index is -3.71. The molecule has 3 aromatic rings. The first-order valence-corrected chi connectivity index (χ1v) is 12.0. The lowest BCUT2D eigenvalue weighted by Gasteiger charge is -2.25. The maximum absolute atomic E-state index is 13.7.